The van der Waals surface area contributed by atoms with Crippen LogP contribution in [0.15, 0.2) is 36.5 Å². The van der Waals surface area contributed by atoms with E-state index in [1.54, 1.807) is 17.5 Å². The Morgan fingerprint density at radius 3 is 3.21 bits per heavy atom. The molecular weight excluding hydrogens is 324 g/mol. The van der Waals surface area contributed by atoms with Crippen LogP contribution < -0.4 is 5.32 Å². The minimum absolute atomic E-state index is 0.00156. The molecule has 24 heavy (non-hydrogen) atoms. The third kappa shape index (κ3) is 3.28. The van der Waals surface area contributed by atoms with Crippen molar-refractivity contribution in [3.63, 3.8) is 0 Å². The lowest BCUT2D eigenvalue weighted by molar-refractivity contribution is 0.159. The maximum Gasteiger partial charge on any atom is 0.317 e. The number of nitrogens with one attached hydrogen (secondary N) is 1. The van der Waals surface area contributed by atoms with Crippen LogP contribution in [0, 0.1) is 5.92 Å². The van der Waals surface area contributed by atoms with Crippen molar-refractivity contribution in [2.24, 2.45) is 5.92 Å². The van der Waals surface area contributed by atoms with Gasteiger partial charge in [0.15, 0.2) is 4.96 Å². The van der Waals surface area contributed by atoms with Crippen LogP contribution in [-0.2, 0) is 13.1 Å². The van der Waals surface area contributed by atoms with E-state index >= 15 is 0 Å². The van der Waals surface area contributed by atoms with E-state index < -0.39 is 0 Å². The molecule has 1 aliphatic heterocycles. The summed E-state index contributed by atoms with van der Waals surface area (Å²) < 4.78 is 4.07. The summed E-state index contributed by atoms with van der Waals surface area (Å²) in [6, 6.07) is 0.00156. The molecule has 4 rings (SSSR count). The second-order valence-corrected chi connectivity index (χ2v) is 7.07. The zero-order valence-electron chi connectivity index (χ0n) is 13.3. The number of amides is 2. The second kappa shape index (κ2) is 6.64. The van der Waals surface area contributed by atoms with E-state index in [9.17, 15) is 4.79 Å². The van der Waals surface area contributed by atoms with Crippen molar-refractivity contribution in [1.82, 2.24) is 29.2 Å². The monoisotopic (exact) mass is 344 g/mol. The predicted octanol–water partition coefficient (Wildman–Crippen LogP) is 2.21. The fourth-order valence-electron chi connectivity index (χ4n) is 3.23. The largest absolute Gasteiger partial charge is 0.337 e. The molecule has 0 aromatic carbocycles. The van der Waals surface area contributed by atoms with Crippen molar-refractivity contribution in [2.45, 2.75) is 25.9 Å². The maximum absolute atomic E-state index is 12.4. The van der Waals surface area contributed by atoms with E-state index in [2.05, 4.69) is 19.9 Å². The molecule has 1 aliphatic rings. The van der Waals surface area contributed by atoms with Crippen LogP contribution in [0.2, 0.25) is 0 Å². The maximum atomic E-state index is 12.4. The van der Waals surface area contributed by atoms with Crippen molar-refractivity contribution >= 4 is 22.3 Å². The van der Waals surface area contributed by atoms with E-state index in [4.69, 9.17) is 0 Å². The molecule has 0 saturated carbocycles. The predicted molar refractivity (Wildman–Crippen MR) is 91.8 cm³/mol. The lowest BCUT2D eigenvalue weighted by atomic mass is 9.98. The van der Waals surface area contributed by atoms with Gasteiger partial charge in [-0.1, -0.05) is 0 Å². The minimum atomic E-state index is 0.00156. The van der Waals surface area contributed by atoms with E-state index in [-0.39, 0.29) is 6.03 Å². The van der Waals surface area contributed by atoms with Crippen molar-refractivity contribution in [3.8, 4) is 0 Å². The van der Waals surface area contributed by atoms with Crippen LogP contribution in [-0.4, -0.2) is 43.0 Å². The molecule has 1 fully saturated rings. The molecule has 8 heteroatoms. The van der Waals surface area contributed by atoms with Gasteiger partial charge in [0.05, 0.1) is 18.6 Å². The lowest BCUT2D eigenvalue weighted by Crippen LogP contribution is -2.46. The van der Waals surface area contributed by atoms with Crippen molar-refractivity contribution in [2.75, 3.05) is 13.1 Å². The molecule has 0 bridgehead atoms. The summed E-state index contributed by atoms with van der Waals surface area (Å²) in [6.07, 6.45) is 11.7. The number of hydrogen-bond acceptors (Lipinski definition) is 4. The molecule has 1 saturated heterocycles. The lowest BCUT2D eigenvalue weighted by Gasteiger charge is -2.32. The zero-order valence-corrected chi connectivity index (χ0v) is 14.2. The van der Waals surface area contributed by atoms with Crippen molar-refractivity contribution in [3.05, 3.63) is 42.2 Å². The standard InChI is InChI=1S/C16H20N6OS/c23-15(18-8-14-11-22-6-7-24-16(22)19-14)21-4-1-2-13(10-21)9-20-5-3-17-12-20/h3,5-7,11-13H,1-2,4,8-10H2,(H,18,23)/t13-/m0/s1. The van der Waals surface area contributed by atoms with Gasteiger partial charge in [0.1, 0.15) is 0 Å². The van der Waals surface area contributed by atoms with E-state index in [0.717, 1.165) is 43.1 Å². The molecule has 3 aromatic heterocycles. The van der Waals surface area contributed by atoms with Gasteiger partial charge in [0, 0.05) is 49.8 Å². The summed E-state index contributed by atoms with van der Waals surface area (Å²) in [7, 11) is 0. The number of piperidine rings is 1. The Morgan fingerprint density at radius 1 is 1.42 bits per heavy atom. The summed E-state index contributed by atoms with van der Waals surface area (Å²) in [6.45, 7) is 3.00. The van der Waals surface area contributed by atoms with Crippen LogP contribution in [0.3, 0.4) is 0 Å². The molecule has 1 N–H and O–H groups in total. The fraction of sp³-hybridized carbons (Fsp3) is 0.438. The van der Waals surface area contributed by atoms with Gasteiger partial charge in [0.2, 0.25) is 0 Å². The average Bonchev–Trinajstić information content (AvgIpc) is 3.30. The van der Waals surface area contributed by atoms with Gasteiger partial charge in [-0.3, -0.25) is 4.40 Å². The number of hydrogen-bond donors (Lipinski definition) is 1. The number of urea groups is 1. The van der Waals surface area contributed by atoms with Crippen LogP contribution in [0.25, 0.3) is 4.96 Å². The van der Waals surface area contributed by atoms with Gasteiger partial charge in [0.25, 0.3) is 0 Å². The molecule has 126 valence electrons. The first-order chi connectivity index (χ1) is 11.8. The summed E-state index contributed by atoms with van der Waals surface area (Å²) >= 11 is 1.59. The van der Waals surface area contributed by atoms with E-state index in [0.29, 0.717) is 12.5 Å². The number of aromatic nitrogens is 4. The van der Waals surface area contributed by atoms with Crippen LogP contribution in [0.1, 0.15) is 18.5 Å². The van der Waals surface area contributed by atoms with Crippen LogP contribution in [0.5, 0.6) is 0 Å². The molecule has 1 atom stereocenters. The normalized spacial score (nSPS) is 18.2. The first kappa shape index (κ1) is 15.2. The van der Waals surface area contributed by atoms with E-state index in [1.165, 1.54) is 0 Å². The number of rotatable bonds is 4. The Morgan fingerprint density at radius 2 is 2.38 bits per heavy atom. The van der Waals surface area contributed by atoms with Crippen molar-refractivity contribution in [1.29, 1.82) is 0 Å². The number of likely N-dealkylation sites (tertiary alicyclic amines) is 1. The highest BCUT2D eigenvalue weighted by Crippen LogP contribution is 2.18. The first-order valence-corrected chi connectivity index (χ1v) is 9.05. The van der Waals surface area contributed by atoms with Crippen molar-refractivity contribution < 1.29 is 4.79 Å². The number of thiazole rings is 1. The van der Waals surface area contributed by atoms with Gasteiger partial charge in [-0.05, 0) is 18.8 Å². The van der Waals surface area contributed by atoms with E-state index in [1.807, 2.05) is 39.6 Å². The molecule has 4 heterocycles. The Labute approximate surface area is 143 Å². The number of imidazole rings is 2. The van der Waals surface area contributed by atoms with Gasteiger partial charge in [-0.2, -0.15) is 0 Å². The van der Waals surface area contributed by atoms with Gasteiger partial charge in [-0.25, -0.2) is 14.8 Å². The van der Waals surface area contributed by atoms with Gasteiger partial charge >= 0.3 is 6.03 Å². The highest BCUT2D eigenvalue weighted by molar-refractivity contribution is 7.15. The average molecular weight is 344 g/mol. The molecular formula is C16H20N6OS. The SMILES string of the molecule is O=C(NCc1cn2ccsc2n1)N1CCC[C@@H](Cn2ccnc2)C1. The molecule has 7 nitrogen and oxygen atoms in total. The highest BCUT2D eigenvalue weighted by Gasteiger charge is 2.23. The third-order valence-corrected chi connectivity index (χ3v) is 5.17. The Bertz CT molecular complexity index is 779. The smallest absolute Gasteiger partial charge is 0.317 e. The number of fused-ring (bicyclic) bond motifs is 1. The fourth-order valence-corrected chi connectivity index (χ4v) is 3.95. The number of nitrogens with zero attached hydrogens (tertiary/aromatic N) is 5. The summed E-state index contributed by atoms with van der Waals surface area (Å²) in [5.74, 6) is 0.483. The molecule has 2 amide bonds. The topological polar surface area (TPSA) is 67.5 Å². The number of carbonyl (C=O) groups is 1. The van der Waals surface area contributed by atoms with Gasteiger partial charge in [-0.15, -0.1) is 11.3 Å². The molecule has 0 unspecified atom stereocenters. The van der Waals surface area contributed by atoms with Gasteiger partial charge < -0.3 is 14.8 Å². The highest BCUT2D eigenvalue weighted by atomic mass is 32.1. The zero-order chi connectivity index (χ0) is 16.4. The molecule has 3 aromatic rings. The summed E-state index contributed by atoms with van der Waals surface area (Å²) in [4.78, 5) is 23.9. The number of carbonyl (C=O) groups excluding carboxylic acids is 1. The minimum Gasteiger partial charge on any atom is -0.337 e. The third-order valence-electron chi connectivity index (χ3n) is 4.40. The van der Waals surface area contributed by atoms with Crippen LogP contribution >= 0.6 is 11.3 Å². The summed E-state index contributed by atoms with van der Waals surface area (Å²) in [5, 5.41) is 4.99. The second-order valence-electron chi connectivity index (χ2n) is 6.20. The summed E-state index contributed by atoms with van der Waals surface area (Å²) in [5.41, 5.74) is 0.891. The quantitative estimate of drug-likeness (QED) is 0.789. The molecule has 0 spiro atoms. The Kier molecular flexibility index (Phi) is 4.20. The Balaban J connectivity index is 1.31. The molecule has 0 aliphatic carbocycles. The first-order valence-electron chi connectivity index (χ1n) is 8.17. The Hall–Kier alpha value is -2.35. The van der Waals surface area contributed by atoms with Crippen LogP contribution in [0.4, 0.5) is 4.79 Å². The molecule has 0 radical (unpaired) electrons.